The molecule has 0 radical (unpaired) electrons. The number of carbonyl (C=O) groups is 2. The second kappa shape index (κ2) is 7.09. The first-order valence-corrected chi connectivity index (χ1v) is 11.2. The lowest BCUT2D eigenvalue weighted by molar-refractivity contribution is -0.160. The van der Waals surface area contributed by atoms with Gasteiger partial charge in [-0.2, -0.15) is 4.79 Å². The predicted octanol–water partition coefficient (Wildman–Crippen LogP) is 4.45. The topological polar surface area (TPSA) is 79.8 Å². The number of carbonyl (C=O) groups excluding carboxylic acids is 2. The highest BCUT2D eigenvalue weighted by atomic mass is 16.5. The number of hydrogen-bond acceptors (Lipinski definition) is 3. The Morgan fingerprint density at radius 2 is 1.71 bits per heavy atom. The van der Waals surface area contributed by atoms with Crippen molar-refractivity contribution >= 4 is 18.0 Å². The molecular weight excluding hydrogens is 352 g/mol. The van der Waals surface area contributed by atoms with E-state index in [0.717, 1.165) is 50.7 Å². The van der Waals surface area contributed by atoms with Gasteiger partial charge in [0.2, 0.25) is 5.78 Å². The third-order valence-electron chi connectivity index (χ3n) is 9.48. The number of esters is 1. The van der Waals surface area contributed by atoms with Gasteiger partial charge in [0.05, 0.1) is 0 Å². The van der Waals surface area contributed by atoms with Crippen LogP contribution in [0.25, 0.3) is 5.53 Å². The number of rotatable bonds is 3. The van der Waals surface area contributed by atoms with Crippen molar-refractivity contribution in [1.82, 2.24) is 0 Å². The summed E-state index contributed by atoms with van der Waals surface area (Å²) in [6, 6.07) is 0. The van der Waals surface area contributed by atoms with Crippen molar-refractivity contribution in [2.24, 2.45) is 40.4 Å². The molecule has 4 saturated carbocycles. The normalized spacial score (nSPS) is 47.1. The molecule has 4 fully saturated rings. The molecule has 0 unspecified atom stereocenters. The van der Waals surface area contributed by atoms with Crippen molar-refractivity contribution in [3.05, 3.63) is 5.53 Å². The van der Waals surface area contributed by atoms with Gasteiger partial charge in [0.25, 0.3) is 0 Å². The molecule has 0 bridgehead atoms. The molecule has 0 aromatic carbocycles. The van der Waals surface area contributed by atoms with E-state index in [1.54, 1.807) is 0 Å². The molecule has 0 aliphatic heterocycles. The number of nitrogens with zero attached hydrogens (tertiary/aromatic N) is 2. The Bertz CT molecular complexity index is 715. The van der Waals surface area contributed by atoms with Crippen LogP contribution in [-0.4, -0.2) is 28.9 Å². The molecule has 5 heteroatoms. The van der Waals surface area contributed by atoms with Crippen molar-refractivity contribution in [1.29, 1.82) is 0 Å². The van der Waals surface area contributed by atoms with E-state index in [4.69, 9.17) is 10.3 Å². The van der Waals surface area contributed by atoms with Gasteiger partial charge in [-0.05, 0) is 92.3 Å². The molecule has 0 heterocycles. The lowest BCUT2D eigenvalue weighted by atomic mass is 9.44. The average Bonchev–Trinajstić information content (AvgIpc) is 2.99. The van der Waals surface area contributed by atoms with Crippen LogP contribution in [0.5, 0.6) is 0 Å². The summed E-state index contributed by atoms with van der Waals surface area (Å²) in [7, 11) is 0. The molecule has 0 amide bonds. The van der Waals surface area contributed by atoms with Crippen molar-refractivity contribution in [3.8, 4) is 0 Å². The quantitative estimate of drug-likeness (QED) is 0.311. The number of Topliss-reactive ketones (excluding diaryl/α,β-unsaturated/α-hetero) is 1. The minimum absolute atomic E-state index is 0.00716. The van der Waals surface area contributed by atoms with Gasteiger partial charge in [0, 0.05) is 12.8 Å². The molecule has 0 aromatic heterocycles. The Hall–Kier alpha value is -1.48. The lowest BCUT2D eigenvalue weighted by Crippen LogP contribution is -2.54. The average molecular weight is 387 g/mol. The second-order valence-corrected chi connectivity index (χ2v) is 10.5. The fourth-order valence-electron chi connectivity index (χ4n) is 8.17. The maximum Gasteiger partial charge on any atom is 0.323 e. The van der Waals surface area contributed by atoms with Crippen molar-refractivity contribution in [3.63, 3.8) is 0 Å². The summed E-state index contributed by atoms with van der Waals surface area (Å²) < 4.78 is 5.56. The fraction of sp³-hybridized carbons (Fsp3) is 0.870. The number of hydrogen-bond donors (Lipinski definition) is 0. The Morgan fingerprint density at radius 3 is 2.43 bits per heavy atom. The molecule has 4 rings (SSSR count). The molecule has 28 heavy (non-hydrogen) atoms. The smallest absolute Gasteiger partial charge is 0.323 e. The zero-order valence-corrected chi connectivity index (χ0v) is 17.5. The number of ketones is 1. The van der Waals surface area contributed by atoms with Crippen LogP contribution in [0.2, 0.25) is 0 Å². The van der Waals surface area contributed by atoms with Gasteiger partial charge in [-0.15, -0.1) is 0 Å². The molecule has 154 valence electrons. The van der Waals surface area contributed by atoms with Crippen LogP contribution in [-0.2, 0) is 14.3 Å². The van der Waals surface area contributed by atoms with Crippen LogP contribution in [0.3, 0.4) is 0 Å². The SMILES string of the molecule is CC(=O)O[C@H]1CC[C@@]2(C)[C@@H](CC[C@@H]3[C@@H]2CC[C@]2(C)[C@@H](C(=O)C=[N+]=[N-])CC[C@@H]32)C1. The van der Waals surface area contributed by atoms with Gasteiger partial charge in [-0.1, -0.05) is 13.8 Å². The zero-order chi connectivity index (χ0) is 20.1. The minimum Gasteiger partial charge on any atom is -0.463 e. The molecule has 4 aliphatic carbocycles. The summed E-state index contributed by atoms with van der Waals surface area (Å²) in [6.45, 7) is 6.34. The van der Waals surface area contributed by atoms with E-state index in [2.05, 4.69) is 18.6 Å². The van der Waals surface area contributed by atoms with Crippen molar-refractivity contribution in [2.75, 3.05) is 0 Å². The van der Waals surface area contributed by atoms with Gasteiger partial charge in [0.15, 0.2) is 0 Å². The van der Waals surface area contributed by atoms with Crippen molar-refractivity contribution < 1.29 is 19.1 Å². The van der Waals surface area contributed by atoms with Gasteiger partial charge < -0.3 is 10.3 Å². The molecule has 5 nitrogen and oxygen atoms in total. The standard InChI is InChI=1S/C23H34N2O3/c1-14(26)28-16-8-10-22(2)15(12-16)4-5-17-18-6-7-20(21(27)13-25-24)23(18,3)11-9-19(17)22/h13,15-20H,4-12H2,1-3H3/t15-,16-,17-,18-,19-,20+,22-,23-/m0/s1. The Labute approximate surface area is 168 Å². The summed E-state index contributed by atoms with van der Waals surface area (Å²) >= 11 is 0. The first-order chi connectivity index (χ1) is 13.3. The van der Waals surface area contributed by atoms with E-state index in [-0.39, 0.29) is 29.2 Å². The monoisotopic (exact) mass is 386 g/mol. The van der Waals surface area contributed by atoms with Crippen molar-refractivity contribution in [2.45, 2.75) is 84.7 Å². The third kappa shape index (κ3) is 2.98. The van der Waals surface area contributed by atoms with E-state index in [9.17, 15) is 9.59 Å². The van der Waals surface area contributed by atoms with Gasteiger partial charge >= 0.3 is 12.2 Å². The summed E-state index contributed by atoms with van der Waals surface area (Å²) in [5.74, 6) is 2.56. The molecule has 0 N–H and O–H groups in total. The van der Waals surface area contributed by atoms with E-state index in [0.29, 0.717) is 23.2 Å². The van der Waals surface area contributed by atoms with Gasteiger partial charge in [-0.3, -0.25) is 9.59 Å². The molecule has 0 spiro atoms. The van der Waals surface area contributed by atoms with E-state index < -0.39 is 0 Å². The van der Waals surface area contributed by atoms with Crippen LogP contribution in [0.15, 0.2) is 0 Å². The third-order valence-corrected chi connectivity index (χ3v) is 9.48. The summed E-state index contributed by atoms with van der Waals surface area (Å²) in [6.07, 6.45) is 11.2. The second-order valence-electron chi connectivity index (χ2n) is 10.5. The molecule has 0 aromatic rings. The van der Waals surface area contributed by atoms with E-state index in [1.165, 1.54) is 26.2 Å². The van der Waals surface area contributed by atoms with Crippen LogP contribution >= 0.6 is 0 Å². The Morgan fingerprint density at radius 1 is 1.00 bits per heavy atom. The summed E-state index contributed by atoms with van der Waals surface area (Å²) in [5.41, 5.74) is 9.22. The van der Waals surface area contributed by atoms with Crippen LogP contribution in [0.1, 0.15) is 78.6 Å². The Balaban J connectivity index is 1.53. The largest absolute Gasteiger partial charge is 0.463 e. The first kappa shape index (κ1) is 19.8. The van der Waals surface area contributed by atoms with E-state index >= 15 is 0 Å². The highest BCUT2D eigenvalue weighted by Crippen LogP contribution is 2.67. The lowest BCUT2D eigenvalue weighted by Gasteiger charge is -2.60. The summed E-state index contributed by atoms with van der Waals surface area (Å²) in [4.78, 5) is 26.9. The molecule has 4 aliphatic rings. The van der Waals surface area contributed by atoms with E-state index in [1.807, 2.05) is 0 Å². The maximum absolute atomic E-state index is 12.5. The highest BCUT2D eigenvalue weighted by Gasteiger charge is 2.61. The predicted molar refractivity (Wildman–Crippen MR) is 105 cm³/mol. The van der Waals surface area contributed by atoms with Crippen LogP contribution < -0.4 is 0 Å². The molecule has 8 atom stereocenters. The maximum atomic E-state index is 12.5. The summed E-state index contributed by atoms with van der Waals surface area (Å²) in [5, 5.41) is 0. The Kier molecular flexibility index (Phi) is 5.02. The number of ether oxygens (including phenoxy) is 1. The van der Waals surface area contributed by atoms with Gasteiger partial charge in [-0.25, -0.2) is 0 Å². The molecular formula is C23H34N2O3. The van der Waals surface area contributed by atoms with Crippen LogP contribution in [0.4, 0.5) is 0 Å². The minimum atomic E-state index is -0.149. The van der Waals surface area contributed by atoms with Gasteiger partial charge in [0.1, 0.15) is 6.10 Å². The first-order valence-electron chi connectivity index (χ1n) is 11.2. The molecule has 0 saturated heterocycles. The highest BCUT2D eigenvalue weighted by molar-refractivity contribution is 6.26. The zero-order valence-electron chi connectivity index (χ0n) is 17.5. The fourth-order valence-corrected chi connectivity index (χ4v) is 8.17. The number of fused-ring (bicyclic) bond motifs is 5. The van der Waals surface area contributed by atoms with Crippen LogP contribution in [0, 0.1) is 40.4 Å².